The van der Waals surface area contributed by atoms with Gasteiger partial charge in [0.15, 0.2) is 5.82 Å². The third-order valence-corrected chi connectivity index (χ3v) is 3.20. The van der Waals surface area contributed by atoms with Gasteiger partial charge in [0, 0.05) is 6.04 Å². The molecule has 2 unspecified atom stereocenters. The second-order valence-electron chi connectivity index (χ2n) is 5.26. The van der Waals surface area contributed by atoms with Gasteiger partial charge in [0.05, 0.1) is 6.04 Å². The first-order chi connectivity index (χ1) is 7.07. The first-order valence-corrected chi connectivity index (χ1v) is 5.56. The highest BCUT2D eigenvalue weighted by Crippen LogP contribution is 2.37. The molecular weight excluding hydrogens is 190 g/mol. The van der Waals surface area contributed by atoms with Crippen molar-refractivity contribution >= 4 is 0 Å². The van der Waals surface area contributed by atoms with Crippen molar-refractivity contribution in [3.63, 3.8) is 0 Å². The quantitative estimate of drug-likeness (QED) is 0.790. The number of aromatic nitrogens is 4. The summed E-state index contributed by atoms with van der Waals surface area (Å²) in [5.41, 5.74) is 0.481. The van der Waals surface area contributed by atoms with Crippen LogP contribution in [-0.4, -0.2) is 26.7 Å². The van der Waals surface area contributed by atoms with E-state index >= 15 is 0 Å². The van der Waals surface area contributed by atoms with E-state index in [0.29, 0.717) is 11.5 Å². The van der Waals surface area contributed by atoms with Gasteiger partial charge in [0.25, 0.3) is 0 Å². The molecule has 1 saturated carbocycles. The normalized spacial score (nSPS) is 26.7. The zero-order valence-electron chi connectivity index (χ0n) is 9.62. The second-order valence-corrected chi connectivity index (χ2v) is 5.26. The fourth-order valence-electron chi connectivity index (χ4n) is 2.36. The molecule has 2 atom stereocenters. The summed E-state index contributed by atoms with van der Waals surface area (Å²) in [6.45, 7) is 6.73. The van der Waals surface area contributed by atoms with Crippen LogP contribution in [0.15, 0.2) is 0 Å². The van der Waals surface area contributed by atoms with Crippen molar-refractivity contribution in [2.24, 2.45) is 5.41 Å². The van der Waals surface area contributed by atoms with E-state index in [1.807, 2.05) is 0 Å². The van der Waals surface area contributed by atoms with Crippen LogP contribution in [0.1, 0.15) is 51.9 Å². The molecule has 1 aliphatic rings. The zero-order valence-corrected chi connectivity index (χ0v) is 9.62. The molecule has 1 aliphatic carbocycles. The van der Waals surface area contributed by atoms with Crippen LogP contribution in [0.2, 0.25) is 0 Å². The number of hydrogen-bond acceptors (Lipinski definition) is 4. The average Bonchev–Trinajstić information content (AvgIpc) is 2.74. The third-order valence-electron chi connectivity index (χ3n) is 3.20. The highest BCUT2D eigenvalue weighted by Gasteiger charge is 2.31. The highest BCUT2D eigenvalue weighted by atomic mass is 15.5. The van der Waals surface area contributed by atoms with E-state index in [1.54, 1.807) is 0 Å². The van der Waals surface area contributed by atoms with E-state index in [0.717, 1.165) is 5.82 Å². The van der Waals surface area contributed by atoms with Crippen molar-refractivity contribution in [1.29, 1.82) is 0 Å². The number of tetrazole rings is 1. The standard InChI is InChI=1S/C10H19N5/c1-7(9-12-14-15-13-9)11-8-4-5-10(2,3)6-8/h7-8,11H,4-6H2,1-3H3,(H,12,13,14,15). The number of aromatic amines is 1. The van der Waals surface area contributed by atoms with Crippen LogP contribution in [0.5, 0.6) is 0 Å². The molecule has 0 aromatic carbocycles. The van der Waals surface area contributed by atoms with Gasteiger partial charge in [-0.15, -0.1) is 10.2 Å². The molecule has 0 aliphatic heterocycles. The maximum absolute atomic E-state index is 3.98. The molecule has 0 amide bonds. The van der Waals surface area contributed by atoms with Crippen molar-refractivity contribution in [2.75, 3.05) is 0 Å². The summed E-state index contributed by atoms with van der Waals surface area (Å²) in [7, 11) is 0. The van der Waals surface area contributed by atoms with Crippen LogP contribution in [0.3, 0.4) is 0 Å². The van der Waals surface area contributed by atoms with Crippen molar-refractivity contribution < 1.29 is 0 Å². The molecule has 2 rings (SSSR count). The summed E-state index contributed by atoms with van der Waals surface area (Å²) in [5, 5.41) is 17.6. The van der Waals surface area contributed by atoms with E-state index in [9.17, 15) is 0 Å². The summed E-state index contributed by atoms with van der Waals surface area (Å²) in [5.74, 6) is 0.750. The smallest absolute Gasteiger partial charge is 0.191 e. The van der Waals surface area contributed by atoms with Crippen LogP contribution in [0.4, 0.5) is 0 Å². The first-order valence-electron chi connectivity index (χ1n) is 5.56. The molecule has 1 aromatic heterocycles. The van der Waals surface area contributed by atoms with Gasteiger partial charge in [-0.2, -0.15) is 5.21 Å². The minimum absolute atomic E-state index is 0.183. The molecule has 0 spiro atoms. The summed E-state index contributed by atoms with van der Waals surface area (Å²) >= 11 is 0. The van der Waals surface area contributed by atoms with Crippen LogP contribution < -0.4 is 5.32 Å². The van der Waals surface area contributed by atoms with E-state index < -0.39 is 0 Å². The maximum atomic E-state index is 3.98. The van der Waals surface area contributed by atoms with E-state index in [1.165, 1.54) is 19.3 Å². The SMILES string of the molecule is CC(NC1CCC(C)(C)C1)c1nn[nH]n1. The van der Waals surface area contributed by atoms with Gasteiger partial charge in [-0.25, -0.2) is 0 Å². The minimum Gasteiger partial charge on any atom is -0.305 e. The van der Waals surface area contributed by atoms with Gasteiger partial charge in [-0.3, -0.25) is 0 Å². The third kappa shape index (κ3) is 2.53. The summed E-state index contributed by atoms with van der Waals surface area (Å²) in [6, 6.07) is 0.774. The van der Waals surface area contributed by atoms with Gasteiger partial charge in [0.1, 0.15) is 0 Å². The van der Waals surface area contributed by atoms with Crippen LogP contribution in [0.25, 0.3) is 0 Å². The molecular formula is C10H19N5. The molecule has 1 fully saturated rings. The second kappa shape index (κ2) is 3.89. The number of H-pyrrole nitrogens is 1. The van der Waals surface area contributed by atoms with Crippen molar-refractivity contribution in [3.05, 3.63) is 5.82 Å². The van der Waals surface area contributed by atoms with E-state index in [4.69, 9.17) is 0 Å². The predicted octanol–water partition coefficient (Wildman–Crippen LogP) is 1.43. The summed E-state index contributed by atoms with van der Waals surface area (Å²) in [6.07, 6.45) is 3.77. The average molecular weight is 209 g/mol. The van der Waals surface area contributed by atoms with Gasteiger partial charge in [0.2, 0.25) is 0 Å². The molecule has 0 radical (unpaired) electrons. The summed E-state index contributed by atoms with van der Waals surface area (Å²) < 4.78 is 0. The van der Waals surface area contributed by atoms with E-state index in [2.05, 4.69) is 46.7 Å². The maximum Gasteiger partial charge on any atom is 0.191 e. The lowest BCUT2D eigenvalue weighted by Crippen LogP contribution is -2.30. The molecule has 5 heteroatoms. The Labute approximate surface area is 90.0 Å². The van der Waals surface area contributed by atoms with Gasteiger partial charge < -0.3 is 5.32 Å². The topological polar surface area (TPSA) is 66.5 Å². The zero-order chi connectivity index (χ0) is 10.9. The lowest BCUT2D eigenvalue weighted by molar-refractivity contribution is 0.354. The molecule has 0 saturated heterocycles. The molecule has 15 heavy (non-hydrogen) atoms. The van der Waals surface area contributed by atoms with E-state index in [-0.39, 0.29) is 6.04 Å². The predicted molar refractivity (Wildman–Crippen MR) is 57.1 cm³/mol. The van der Waals surface area contributed by atoms with Crippen molar-refractivity contribution in [3.8, 4) is 0 Å². The van der Waals surface area contributed by atoms with Crippen LogP contribution >= 0.6 is 0 Å². The fraction of sp³-hybridized carbons (Fsp3) is 0.900. The number of hydrogen-bond donors (Lipinski definition) is 2. The monoisotopic (exact) mass is 209 g/mol. The van der Waals surface area contributed by atoms with Crippen LogP contribution in [0, 0.1) is 5.41 Å². The van der Waals surface area contributed by atoms with Crippen molar-refractivity contribution in [2.45, 2.75) is 52.1 Å². The van der Waals surface area contributed by atoms with Gasteiger partial charge >= 0.3 is 0 Å². The minimum atomic E-state index is 0.183. The molecule has 0 bridgehead atoms. The Hall–Kier alpha value is -0.970. The van der Waals surface area contributed by atoms with Gasteiger partial charge in [-0.1, -0.05) is 19.1 Å². The highest BCUT2D eigenvalue weighted by molar-refractivity contribution is 4.92. The number of nitrogens with zero attached hydrogens (tertiary/aromatic N) is 3. The summed E-state index contributed by atoms with van der Waals surface area (Å²) in [4.78, 5) is 0. The Morgan fingerprint density at radius 2 is 2.33 bits per heavy atom. The van der Waals surface area contributed by atoms with Gasteiger partial charge in [-0.05, 0) is 31.6 Å². The first kappa shape index (κ1) is 10.5. The number of nitrogens with one attached hydrogen (secondary N) is 2. The molecule has 5 nitrogen and oxygen atoms in total. The lowest BCUT2D eigenvalue weighted by atomic mass is 9.92. The van der Waals surface area contributed by atoms with Crippen molar-refractivity contribution in [1.82, 2.24) is 25.9 Å². The Balaban J connectivity index is 1.88. The largest absolute Gasteiger partial charge is 0.305 e. The molecule has 84 valence electrons. The van der Waals surface area contributed by atoms with Crippen LogP contribution in [-0.2, 0) is 0 Å². The Morgan fingerprint density at radius 3 is 2.87 bits per heavy atom. The Bertz CT molecular complexity index is 306. The Kier molecular flexibility index (Phi) is 2.73. The molecule has 2 N–H and O–H groups in total. The molecule has 1 heterocycles. The Morgan fingerprint density at radius 1 is 1.53 bits per heavy atom. The lowest BCUT2D eigenvalue weighted by Gasteiger charge is -2.19. The number of rotatable bonds is 3. The fourth-order valence-corrected chi connectivity index (χ4v) is 2.36. The molecule has 1 aromatic rings.